The van der Waals surface area contributed by atoms with E-state index in [1.807, 2.05) is 0 Å². The number of benzene rings is 1. The first-order chi connectivity index (χ1) is 8.10. The van der Waals surface area contributed by atoms with Gasteiger partial charge in [0.15, 0.2) is 0 Å². The second-order valence-electron chi connectivity index (χ2n) is 5.45. The summed E-state index contributed by atoms with van der Waals surface area (Å²) in [5, 5.41) is 9.51. The highest BCUT2D eigenvalue weighted by Gasteiger charge is 2.36. The molecule has 1 aliphatic carbocycles. The average Bonchev–Trinajstić information content (AvgIpc) is 2.23. The Morgan fingerprint density at radius 1 is 1.24 bits per heavy atom. The van der Waals surface area contributed by atoms with Crippen LogP contribution in [-0.2, 0) is 6.42 Å². The van der Waals surface area contributed by atoms with Gasteiger partial charge >= 0.3 is 0 Å². The van der Waals surface area contributed by atoms with Gasteiger partial charge in [-0.3, -0.25) is 0 Å². The number of hydrogen-bond acceptors (Lipinski definition) is 2. The van der Waals surface area contributed by atoms with Crippen molar-refractivity contribution in [2.24, 2.45) is 5.41 Å². The molecule has 0 amide bonds. The molecule has 0 spiro atoms. The van der Waals surface area contributed by atoms with Gasteiger partial charge < -0.3 is 9.84 Å². The van der Waals surface area contributed by atoms with Gasteiger partial charge in [0.1, 0.15) is 5.75 Å². The summed E-state index contributed by atoms with van der Waals surface area (Å²) in [5.41, 5.74) is 3.87. The van der Waals surface area contributed by atoms with Gasteiger partial charge in [0, 0.05) is 6.61 Å². The number of aliphatic hydroxyl groups excluding tert-OH is 1. The molecule has 0 saturated heterocycles. The summed E-state index contributed by atoms with van der Waals surface area (Å²) in [6, 6.07) is 4.39. The normalized spacial score (nSPS) is 17.6. The van der Waals surface area contributed by atoms with Gasteiger partial charge in [-0.1, -0.05) is 18.6 Å². The minimum Gasteiger partial charge on any atom is -0.496 e. The number of aryl methyl sites for hydroxylation is 2. The molecule has 1 aromatic rings. The van der Waals surface area contributed by atoms with Crippen molar-refractivity contribution in [1.29, 1.82) is 0 Å². The van der Waals surface area contributed by atoms with Gasteiger partial charge in [0.05, 0.1) is 7.11 Å². The van der Waals surface area contributed by atoms with E-state index in [0.717, 1.165) is 25.0 Å². The molecule has 2 nitrogen and oxygen atoms in total. The summed E-state index contributed by atoms with van der Waals surface area (Å²) in [4.78, 5) is 0. The standard InChI is InChI=1S/C15H22O2/c1-11-7-13(8-12(2)14(11)17-3)9-15(10-16)5-4-6-15/h7-8,16H,4-6,9-10H2,1-3H3. The fourth-order valence-electron chi connectivity index (χ4n) is 2.96. The van der Waals surface area contributed by atoms with Gasteiger partial charge in [-0.2, -0.15) is 0 Å². The third-order valence-electron chi connectivity index (χ3n) is 4.05. The van der Waals surface area contributed by atoms with Crippen molar-refractivity contribution in [3.8, 4) is 5.75 Å². The van der Waals surface area contributed by atoms with Crippen LogP contribution in [0.4, 0.5) is 0 Å². The van der Waals surface area contributed by atoms with Crippen LogP contribution in [0.15, 0.2) is 12.1 Å². The molecular formula is C15H22O2. The predicted octanol–water partition coefficient (Wildman–Crippen LogP) is 3.02. The Morgan fingerprint density at radius 2 is 1.82 bits per heavy atom. The van der Waals surface area contributed by atoms with Crippen molar-refractivity contribution >= 4 is 0 Å². The third-order valence-corrected chi connectivity index (χ3v) is 4.05. The molecule has 0 heterocycles. The fraction of sp³-hybridized carbons (Fsp3) is 0.600. The molecule has 2 rings (SSSR count). The van der Waals surface area contributed by atoms with E-state index in [2.05, 4.69) is 26.0 Å². The lowest BCUT2D eigenvalue weighted by Crippen LogP contribution is -2.35. The van der Waals surface area contributed by atoms with E-state index in [4.69, 9.17) is 4.74 Å². The molecule has 0 radical (unpaired) electrons. The van der Waals surface area contributed by atoms with Crippen LogP contribution in [0.1, 0.15) is 36.0 Å². The zero-order valence-corrected chi connectivity index (χ0v) is 11.0. The Kier molecular flexibility index (Phi) is 3.43. The van der Waals surface area contributed by atoms with Gasteiger partial charge in [-0.05, 0) is 55.2 Å². The lowest BCUT2D eigenvalue weighted by Gasteiger charge is -2.40. The highest BCUT2D eigenvalue weighted by Crippen LogP contribution is 2.43. The van der Waals surface area contributed by atoms with Crippen LogP contribution in [0.25, 0.3) is 0 Å². The molecule has 1 fully saturated rings. The number of methoxy groups -OCH3 is 1. The zero-order valence-electron chi connectivity index (χ0n) is 11.0. The summed E-state index contributed by atoms with van der Waals surface area (Å²) in [5.74, 6) is 0.986. The van der Waals surface area contributed by atoms with E-state index < -0.39 is 0 Å². The number of hydrogen-bond donors (Lipinski definition) is 1. The third kappa shape index (κ3) is 2.32. The largest absolute Gasteiger partial charge is 0.496 e. The molecule has 1 aliphatic rings. The van der Waals surface area contributed by atoms with Gasteiger partial charge in [0.2, 0.25) is 0 Å². The minimum absolute atomic E-state index is 0.160. The second-order valence-corrected chi connectivity index (χ2v) is 5.45. The minimum atomic E-state index is 0.160. The summed E-state index contributed by atoms with van der Waals surface area (Å²) >= 11 is 0. The Balaban J connectivity index is 2.22. The first kappa shape index (κ1) is 12.4. The lowest BCUT2D eigenvalue weighted by molar-refractivity contribution is 0.0450. The Morgan fingerprint density at radius 3 is 2.18 bits per heavy atom. The lowest BCUT2D eigenvalue weighted by atomic mass is 9.66. The summed E-state index contributed by atoms with van der Waals surface area (Å²) in [6.07, 6.45) is 4.57. The van der Waals surface area contributed by atoms with Crippen LogP contribution in [0.5, 0.6) is 5.75 Å². The van der Waals surface area contributed by atoms with E-state index in [9.17, 15) is 5.11 Å². The second kappa shape index (κ2) is 4.69. The molecule has 0 bridgehead atoms. The highest BCUT2D eigenvalue weighted by atomic mass is 16.5. The molecule has 0 atom stereocenters. The molecule has 17 heavy (non-hydrogen) atoms. The average molecular weight is 234 g/mol. The van der Waals surface area contributed by atoms with Crippen LogP contribution >= 0.6 is 0 Å². The van der Waals surface area contributed by atoms with Crippen molar-refractivity contribution in [3.63, 3.8) is 0 Å². The summed E-state index contributed by atoms with van der Waals surface area (Å²) in [7, 11) is 1.72. The number of rotatable bonds is 4. The SMILES string of the molecule is COc1c(C)cc(CC2(CO)CCC2)cc1C. The van der Waals surface area contributed by atoms with Gasteiger partial charge in [0.25, 0.3) is 0 Å². The van der Waals surface area contributed by atoms with Crippen LogP contribution in [0, 0.1) is 19.3 Å². The van der Waals surface area contributed by atoms with Crippen LogP contribution in [0.3, 0.4) is 0 Å². The molecule has 0 aromatic heterocycles. The van der Waals surface area contributed by atoms with E-state index in [1.165, 1.54) is 23.1 Å². The highest BCUT2D eigenvalue weighted by molar-refractivity contribution is 5.43. The predicted molar refractivity (Wildman–Crippen MR) is 69.5 cm³/mol. The summed E-state index contributed by atoms with van der Waals surface area (Å²) in [6.45, 7) is 4.49. The van der Waals surface area contributed by atoms with E-state index in [-0.39, 0.29) is 5.41 Å². The topological polar surface area (TPSA) is 29.5 Å². The quantitative estimate of drug-likeness (QED) is 0.867. The maximum atomic E-state index is 9.51. The van der Waals surface area contributed by atoms with Gasteiger partial charge in [-0.25, -0.2) is 0 Å². The number of aliphatic hydroxyl groups is 1. The first-order valence-electron chi connectivity index (χ1n) is 6.35. The molecule has 1 N–H and O–H groups in total. The molecule has 94 valence electrons. The van der Waals surface area contributed by atoms with Gasteiger partial charge in [-0.15, -0.1) is 0 Å². The van der Waals surface area contributed by atoms with Crippen molar-refractivity contribution in [1.82, 2.24) is 0 Å². The van der Waals surface area contributed by atoms with Crippen molar-refractivity contribution in [3.05, 3.63) is 28.8 Å². The molecule has 0 unspecified atom stereocenters. The van der Waals surface area contributed by atoms with Crippen LogP contribution in [-0.4, -0.2) is 18.8 Å². The molecule has 0 aliphatic heterocycles. The molecular weight excluding hydrogens is 212 g/mol. The van der Waals surface area contributed by atoms with E-state index >= 15 is 0 Å². The maximum Gasteiger partial charge on any atom is 0.124 e. The fourth-order valence-corrected chi connectivity index (χ4v) is 2.96. The number of ether oxygens (including phenoxy) is 1. The van der Waals surface area contributed by atoms with Crippen LogP contribution in [0.2, 0.25) is 0 Å². The smallest absolute Gasteiger partial charge is 0.124 e. The van der Waals surface area contributed by atoms with E-state index in [0.29, 0.717) is 6.61 Å². The molecule has 1 saturated carbocycles. The maximum absolute atomic E-state index is 9.51. The van der Waals surface area contributed by atoms with E-state index in [1.54, 1.807) is 7.11 Å². The van der Waals surface area contributed by atoms with Crippen LogP contribution < -0.4 is 4.74 Å². The molecule has 1 aromatic carbocycles. The van der Waals surface area contributed by atoms with Crippen molar-refractivity contribution < 1.29 is 9.84 Å². The zero-order chi connectivity index (χ0) is 12.5. The molecule has 2 heteroatoms. The Labute approximate surface area is 104 Å². The first-order valence-corrected chi connectivity index (χ1v) is 6.35. The van der Waals surface area contributed by atoms with Crippen molar-refractivity contribution in [2.75, 3.05) is 13.7 Å². The Hall–Kier alpha value is -1.02. The summed E-state index contributed by atoms with van der Waals surface area (Å²) < 4.78 is 5.38. The Bertz CT molecular complexity index is 377. The monoisotopic (exact) mass is 234 g/mol. The van der Waals surface area contributed by atoms with Crippen molar-refractivity contribution in [2.45, 2.75) is 39.5 Å².